The highest BCUT2D eigenvalue weighted by Crippen LogP contribution is 2.73. The van der Waals surface area contributed by atoms with E-state index in [-0.39, 0.29) is 23.2 Å². The van der Waals surface area contributed by atoms with E-state index in [9.17, 15) is 56.2 Å². The Morgan fingerprint density at radius 3 is 2.03 bits per heavy atom. The highest BCUT2D eigenvalue weighted by Gasteiger charge is 2.81. The SMILES string of the molecule is C[C@@H]1CC[C@@]2(OC1)O[C@H]1C[C@@]3(O)[C@@H]4CC=C5C[C@@H](O[C@@H]6O[C@H](CO)[C@@H](O)[C@H](O[C@@H]7O[C@H](CO)[C@@H](O)[C@H](O)[C@H]7O[C@@H]7O[C@@H](C)[C@H](O)[C@@H](O)[C@H]7O)[C@H]6O)CC[C@]5(C)[C@H]4CC[C@]3(C)[C@@]1(O)[C@@H]2C. The summed E-state index contributed by atoms with van der Waals surface area (Å²) in [6.07, 6.45) is -16.9. The summed E-state index contributed by atoms with van der Waals surface area (Å²) in [5.41, 5.74) is -2.38. The van der Waals surface area contributed by atoms with Crippen LogP contribution < -0.4 is 0 Å². The molecule has 8 fully saturated rings. The van der Waals surface area contributed by atoms with E-state index in [1.54, 1.807) is 0 Å². The van der Waals surface area contributed by atoms with Crippen LogP contribution >= 0.6 is 0 Å². The molecule has 5 saturated heterocycles. The van der Waals surface area contributed by atoms with Gasteiger partial charge < -0.3 is 94.1 Å². The minimum atomic E-state index is -1.85. The normalized spacial score (nSPS) is 58.6. The van der Waals surface area contributed by atoms with Gasteiger partial charge in [0.15, 0.2) is 24.7 Å². The summed E-state index contributed by atoms with van der Waals surface area (Å²) in [7, 11) is 0. The number of ether oxygens (including phenoxy) is 8. The minimum absolute atomic E-state index is 0.118. The largest absolute Gasteiger partial charge is 0.394 e. The first kappa shape index (κ1) is 48.0. The van der Waals surface area contributed by atoms with Crippen molar-refractivity contribution < 1.29 is 94.1 Å². The maximum Gasteiger partial charge on any atom is 0.187 e. The van der Waals surface area contributed by atoms with Gasteiger partial charge in [0.05, 0.1) is 43.7 Å². The van der Waals surface area contributed by atoms with Crippen LogP contribution in [0.5, 0.6) is 0 Å². The van der Waals surface area contributed by atoms with Crippen LogP contribution in [0.15, 0.2) is 11.6 Å². The molecule has 1 spiro atoms. The van der Waals surface area contributed by atoms with Gasteiger partial charge in [0.1, 0.15) is 72.7 Å². The molecule has 366 valence electrons. The number of hydrogen-bond acceptors (Lipinski definition) is 19. The van der Waals surface area contributed by atoms with Crippen molar-refractivity contribution in [3.8, 4) is 0 Å². The lowest BCUT2D eigenvalue weighted by Crippen LogP contribution is -2.67. The first-order valence-corrected chi connectivity index (χ1v) is 23.5. The summed E-state index contributed by atoms with van der Waals surface area (Å²) in [6, 6.07) is 0. The van der Waals surface area contributed by atoms with E-state index in [0.717, 1.165) is 18.4 Å². The van der Waals surface area contributed by atoms with Gasteiger partial charge in [-0.05, 0) is 75.0 Å². The van der Waals surface area contributed by atoms with Gasteiger partial charge in [-0.2, -0.15) is 0 Å². The van der Waals surface area contributed by atoms with Crippen molar-refractivity contribution >= 4 is 0 Å². The lowest BCUT2D eigenvalue weighted by atomic mass is 9.44. The molecular weight excluding hydrogens is 844 g/mol. The minimum Gasteiger partial charge on any atom is -0.394 e. The van der Waals surface area contributed by atoms with Crippen LogP contribution in [0.4, 0.5) is 0 Å². The Balaban J connectivity index is 0.897. The first-order valence-electron chi connectivity index (χ1n) is 23.5. The Morgan fingerprint density at radius 1 is 0.672 bits per heavy atom. The van der Waals surface area contributed by atoms with Gasteiger partial charge in [0.2, 0.25) is 0 Å². The van der Waals surface area contributed by atoms with Crippen molar-refractivity contribution in [1.29, 1.82) is 0 Å². The van der Waals surface area contributed by atoms with E-state index in [2.05, 4.69) is 26.8 Å². The Labute approximate surface area is 373 Å². The van der Waals surface area contributed by atoms with Crippen LogP contribution in [0.25, 0.3) is 0 Å². The monoisotopic (exact) mass is 916 g/mol. The molecule has 3 saturated carbocycles. The molecule has 5 aliphatic heterocycles. The molecule has 4 aliphatic carbocycles. The van der Waals surface area contributed by atoms with Crippen LogP contribution in [0.1, 0.15) is 92.4 Å². The summed E-state index contributed by atoms with van der Waals surface area (Å²) >= 11 is 0. The molecule has 9 rings (SSSR count). The zero-order valence-corrected chi connectivity index (χ0v) is 37.4. The molecule has 26 atom stereocenters. The van der Waals surface area contributed by atoms with Gasteiger partial charge in [-0.3, -0.25) is 0 Å². The van der Waals surface area contributed by atoms with Crippen LogP contribution in [0.3, 0.4) is 0 Å². The van der Waals surface area contributed by atoms with Crippen molar-refractivity contribution in [2.45, 2.75) is 214 Å². The second-order valence-electron chi connectivity index (χ2n) is 21.3. The van der Waals surface area contributed by atoms with Crippen molar-refractivity contribution in [1.82, 2.24) is 0 Å². The molecular formula is C45H72O19. The van der Waals surface area contributed by atoms with Crippen molar-refractivity contribution in [3.63, 3.8) is 0 Å². The van der Waals surface area contributed by atoms with Gasteiger partial charge in [-0.1, -0.05) is 39.3 Å². The molecule has 0 bridgehead atoms. The number of aliphatic hydroxyl groups is 11. The second kappa shape index (κ2) is 17.1. The van der Waals surface area contributed by atoms with E-state index >= 15 is 0 Å². The van der Waals surface area contributed by atoms with Gasteiger partial charge in [0.25, 0.3) is 0 Å². The van der Waals surface area contributed by atoms with Crippen molar-refractivity contribution in [3.05, 3.63) is 11.6 Å². The number of allylic oxidation sites excluding steroid dienone is 1. The molecule has 11 N–H and O–H groups in total. The second-order valence-corrected chi connectivity index (χ2v) is 21.3. The fraction of sp³-hybridized carbons (Fsp3) is 0.956. The van der Waals surface area contributed by atoms with E-state index in [1.165, 1.54) is 6.92 Å². The maximum absolute atomic E-state index is 13.0. The highest BCUT2D eigenvalue weighted by molar-refractivity contribution is 5.33. The Hall–Kier alpha value is -1.02. The number of rotatable bonds is 8. The summed E-state index contributed by atoms with van der Waals surface area (Å²) < 4.78 is 48.7. The molecule has 0 aromatic rings. The lowest BCUT2D eigenvalue weighted by molar-refractivity contribution is -0.389. The van der Waals surface area contributed by atoms with Crippen LogP contribution in [-0.4, -0.2) is 197 Å². The molecule has 19 heteroatoms. The van der Waals surface area contributed by atoms with Crippen molar-refractivity contribution in [2.24, 2.45) is 34.5 Å². The molecule has 9 aliphatic rings. The van der Waals surface area contributed by atoms with Crippen LogP contribution in [0, 0.1) is 34.5 Å². The first-order chi connectivity index (χ1) is 30.2. The smallest absolute Gasteiger partial charge is 0.187 e. The van der Waals surface area contributed by atoms with E-state index in [0.29, 0.717) is 57.5 Å². The van der Waals surface area contributed by atoms with E-state index < -0.39 is 140 Å². The quantitative estimate of drug-likeness (QED) is 0.123. The average Bonchev–Trinajstić information content (AvgIpc) is 3.58. The number of fused-ring (bicyclic) bond motifs is 7. The standard InChI is InChI=1S/C45H72O19/c1-19-8-13-44(57-18-19)21(3)45(56)28(64-44)15-43(55)25-7-6-22-14-23(9-11-41(22,4)24(25)10-12-42(43,45)5)59-39-35(54)36(31(50)27(17-47)60-39)62-40-37(33(52)30(49)26(16-46)61-40)63-38-34(53)32(51)29(48)20(2)58-38/h6,19-21,23-40,46-56H,7-18H2,1-5H3/t19-,20+,21-,23+,24+,25-,26-,27-,28+,29+,30-,31-,32-,33+,34-,35-,36+,37-,38+,39-,40+,41+,42+,43-,44-,45-/m1/s1. The predicted octanol–water partition coefficient (Wildman–Crippen LogP) is -1.56. The molecule has 5 heterocycles. The topological polar surface area (TPSA) is 296 Å². The van der Waals surface area contributed by atoms with Crippen molar-refractivity contribution in [2.75, 3.05) is 19.8 Å². The van der Waals surface area contributed by atoms with Crippen LogP contribution in [0.2, 0.25) is 0 Å². The molecule has 0 radical (unpaired) electrons. The molecule has 0 amide bonds. The fourth-order valence-corrected chi connectivity index (χ4v) is 13.9. The summed E-state index contributed by atoms with van der Waals surface area (Å²) in [4.78, 5) is 0. The van der Waals surface area contributed by atoms with Gasteiger partial charge in [0, 0.05) is 24.2 Å². The highest BCUT2D eigenvalue weighted by atomic mass is 16.8. The summed E-state index contributed by atoms with van der Waals surface area (Å²) in [5, 5.41) is 122. The lowest BCUT2D eigenvalue weighted by Gasteiger charge is -2.63. The fourth-order valence-electron chi connectivity index (χ4n) is 13.9. The average molecular weight is 917 g/mol. The van der Waals surface area contributed by atoms with Crippen LogP contribution in [-0.2, 0) is 37.9 Å². The molecule has 0 aromatic carbocycles. The third-order valence-corrected chi connectivity index (χ3v) is 18.1. The Morgan fingerprint density at radius 2 is 1.34 bits per heavy atom. The third kappa shape index (κ3) is 7.08. The van der Waals surface area contributed by atoms with Gasteiger partial charge in [-0.25, -0.2) is 0 Å². The predicted molar refractivity (Wildman–Crippen MR) is 217 cm³/mol. The summed E-state index contributed by atoms with van der Waals surface area (Å²) in [5.74, 6) is -0.751. The Bertz CT molecular complexity index is 1710. The van der Waals surface area contributed by atoms with Gasteiger partial charge >= 0.3 is 0 Å². The maximum atomic E-state index is 13.0. The Kier molecular flexibility index (Phi) is 12.9. The van der Waals surface area contributed by atoms with E-state index in [4.69, 9.17) is 37.9 Å². The zero-order valence-electron chi connectivity index (χ0n) is 37.4. The summed E-state index contributed by atoms with van der Waals surface area (Å²) in [6.45, 7) is 9.01. The zero-order chi connectivity index (χ0) is 46.1. The molecule has 19 nitrogen and oxygen atoms in total. The number of hydrogen-bond donors (Lipinski definition) is 11. The molecule has 64 heavy (non-hydrogen) atoms. The van der Waals surface area contributed by atoms with Gasteiger partial charge in [-0.15, -0.1) is 0 Å². The molecule has 0 unspecified atom stereocenters. The number of aliphatic hydroxyl groups excluding tert-OH is 9. The van der Waals surface area contributed by atoms with E-state index in [1.807, 2.05) is 6.92 Å². The molecule has 0 aromatic heterocycles. The third-order valence-electron chi connectivity index (χ3n) is 18.1.